The van der Waals surface area contributed by atoms with Gasteiger partial charge in [0.05, 0.1) is 19.8 Å². The zero-order valence-electron chi connectivity index (χ0n) is 21.3. The molecule has 1 aromatic carbocycles. The van der Waals surface area contributed by atoms with Crippen molar-refractivity contribution >= 4 is 23.7 Å². The van der Waals surface area contributed by atoms with Gasteiger partial charge in [-0.05, 0) is 61.8 Å². The van der Waals surface area contributed by atoms with Crippen LogP contribution in [0.4, 0.5) is 9.59 Å². The van der Waals surface area contributed by atoms with Crippen LogP contribution in [0.1, 0.15) is 56.6 Å². The molecule has 3 amide bonds. The Morgan fingerprint density at radius 2 is 2.08 bits per heavy atom. The molecule has 0 radical (unpaired) electrons. The molecule has 3 fully saturated rings. The molecule has 4 rings (SSSR count). The van der Waals surface area contributed by atoms with E-state index in [1.807, 2.05) is 29.2 Å². The molecule has 8 nitrogen and oxygen atoms in total. The van der Waals surface area contributed by atoms with Crippen LogP contribution in [0.3, 0.4) is 0 Å². The van der Waals surface area contributed by atoms with Gasteiger partial charge in [-0.1, -0.05) is 43.0 Å². The average molecular weight is 521 g/mol. The summed E-state index contributed by atoms with van der Waals surface area (Å²) in [5, 5.41) is 10.2. The van der Waals surface area contributed by atoms with E-state index < -0.39 is 6.09 Å². The molecule has 0 aromatic heterocycles. The molecule has 1 aromatic rings. The number of carbonyl (C=O) groups excluding carboxylic acids is 2. The van der Waals surface area contributed by atoms with Crippen molar-refractivity contribution in [1.29, 1.82) is 0 Å². The molecule has 0 spiro atoms. The Morgan fingerprint density at radius 3 is 2.83 bits per heavy atom. The Morgan fingerprint density at radius 1 is 1.22 bits per heavy atom. The largest absolute Gasteiger partial charge is 0.453 e. The normalized spacial score (nSPS) is 25.5. The molecule has 2 aliphatic heterocycles. The second kappa shape index (κ2) is 13.5. The van der Waals surface area contributed by atoms with Gasteiger partial charge in [0.25, 0.3) is 0 Å². The summed E-state index contributed by atoms with van der Waals surface area (Å²) in [5.41, 5.74) is 0.991. The highest BCUT2D eigenvalue weighted by atomic mass is 35.5. The topological polar surface area (TPSA) is 91.9 Å². The van der Waals surface area contributed by atoms with E-state index in [0.717, 1.165) is 50.4 Å². The molecule has 1 aliphatic carbocycles. The summed E-state index contributed by atoms with van der Waals surface area (Å²) in [6.07, 6.45) is 7.60. The number of hydrogen-bond acceptors (Lipinski definition) is 5. The van der Waals surface area contributed by atoms with Crippen molar-refractivity contribution in [2.24, 2.45) is 17.8 Å². The third-order valence-corrected chi connectivity index (χ3v) is 8.23. The molecule has 0 unspecified atom stereocenters. The Bertz CT molecular complexity index is 868. The molecule has 2 heterocycles. The number of likely N-dealkylation sites (tertiary alicyclic amines) is 1. The molecule has 9 heteroatoms. The van der Waals surface area contributed by atoms with Crippen molar-refractivity contribution in [2.75, 3.05) is 46.4 Å². The molecule has 4 atom stereocenters. The number of nitrogens with one attached hydrogen (secondary N) is 3. The van der Waals surface area contributed by atoms with Crippen LogP contribution in [0.2, 0.25) is 5.02 Å². The third-order valence-electron chi connectivity index (χ3n) is 8.00. The molecular formula is C27H41ClN4O4. The number of alkyl carbamates (subject to hydrolysis) is 1. The maximum atomic E-state index is 13.4. The summed E-state index contributed by atoms with van der Waals surface area (Å²) in [6, 6.07) is 7.94. The Hall–Kier alpha value is -2.03. The monoisotopic (exact) mass is 520 g/mol. The lowest BCUT2D eigenvalue weighted by Crippen LogP contribution is -2.56. The lowest BCUT2D eigenvalue weighted by molar-refractivity contribution is -0.00880. The summed E-state index contributed by atoms with van der Waals surface area (Å²) >= 11 is 6.29. The first-order valence-corrected chi connectivity index (χ1v) is 13.9. The first kappa shape index (κ1) is 27.0. The summed E-state index contributed by atoms with van der Waals surface area (Å²) in [5.74, 6) is 1.54. The number of nitrogens with zero attached hydrogens (tertiary/aromatic N) is 1. The Labute approximate surface area is 219 Å². The fourth-order valence-electron chi connectivity index (χ4n) is 5.81. The molecule has 1 saturated carbocycles. The molecule has 3 N–H and O–H groups in total. The van der Waals surface area contributed by atoms with Gasteiger partial charge in [0.1, 0.15) is 0 Å². The van der Waals surface area contributed by atoms with E-state index in [9.17, 15) is 9.59 Å². The second-order valence-corrected chi connectivity index (χ2v) is 10.9. The van der Waals surface area contributed by atoms with Crippen molar-refractivity contribution < 1.29 is 19.1 Å². The molecular weight excluding hydrogens is 480 g/mol. The number of piperidine rings is 2. The molecule has 3 aliphatic rings. The maximum Gasteiger partial charge on any atom is 0.406 e. The van der Waals surface area contributed by atoms with Crippen molar-refractivity contribution in [3.63, 3.8) is 0 Å². The van der Waals surface area contributed by atoms with Crippen LogP contribution in [0.5, 0.6) is 0 Å². The highest BCUT2D eigenvalue weighted by Crippen LogP contribution is 2.36. The van der Waals surface area contributed by atoms with Gasteiger partial charge in [-0.15, -0.1) is 0 Å². The molecule has 200 valence electrons. The van der Waals surface area contributed by atoms with Crippen LogP contribution >= 0.6 is 11.6 Å². The number of halogens is 1. The number of benzene rings is 1. The van der Waals surface area contributed by atoms with Gasteiger partial charge in [0, 0.05) is 43.2 Å². The zero-order valence-corrected chi connectivity index (χ0v) is 22.1. The SMILES string of the molecule is COC(=O)NCCO[C@@H](c1cccc(Cl)c1)[C@@H]1CCCN(C(=O)N[C@@H]2CNCC[C@H]2CC2CCC2)C1. The number of hydrogen-bond donors (Lipinski definition) is 3. The van der Waals surface area contributed by atoms with E-state index in [1.165, 1.54) is 32.8 Å². The number of methoxy groups -OCH3 is 1. The van der Waals surface area contributed by atoms with Gasteiger partial charge >= 0.3 is 12.1 Å². The smallest absolute Gasteiger partial charge is 0.406 e. The highest BCUT2D eigenvalue weighted by molar-refractivity contribution is 6.30. The van der Waals surface area contributed by atoms with Gasteiger partial charge in [0.2, 0.25) is 0 Å². The minimum absolute atomic E-state index is 0.0317. The average Bonchev–Trinajstić information content (AvgIpc) is 2.87. The molecule has 36 heavy (non-hydrogen) atoms. The minimum Gasteiger partial charge on any atom is -0.453 e. The van der Waals surface area contributed by atoms with Crippen molar-refractivity contribution in [2.45, 2.75) is 57.1 Å². The minimum atomic E-state index is -0.480. The fraction of sp³-hybridized carbons (Fsp3) is 0.704. The van der Waals surface area contributed by atoms with Crippen LogP contribution < -0.4 is 16.0 Å². The summed E-state index contributed by atoms with van der Waals surface area (Å²) in [6.45, 7) is 3.95. The van der Waals surface area contributed by atoms with Crippen molar-refractivity contribution in [3.05, 3.63) is 34.9 Å². The zero-order chi connectivity index (χ0) is 25.3. The predicted octanol–water partition coefficient (Wildman–Crippen LogP) is 4.34. The molecule has 0 bridgehead atoms. The van der Waals surface area contributed by atoms with Crippen LogP contribution in [-0.4, -0.2) is 69.5 Å². The van der Waals surface area contributed by atoms with E-state index in [0.29, 0.717) is 30.6 Å². The van der Waals surface area contributed by atoms with Gasteiger partial charge in [0.15, 0.2) is 0 Å². The van der Waals surface area contributed by atoms with Crippen LogP contribution in [0, 0.1) is 17.8 Å². The van der Waals surface area contributed by atoms with E-state index in [1.54, 1.807) is 0 Å². The van der Waals surface area contributed by atoms with E-state index in [4.69, 9.17) is 16.3 Å². The van der Waals surface area contributed by atoms with Gasteiger partial charge in [-0.25, -0.2) is 9.59 Å². The third kappa shape index (κ3) is 7.49. The second-order valence-electron chi connectivity index (χ2n) is 10.5. The van der Waals surface area contributed by atoms with E-state index >= 15 is 0 Å². The van der Waals surface area contributed by atoms with Crippen LogP contribution in [0.25, 0.3) is 0 Å². The Balaban J connectivity index is 1.37. The fourth-order valence-corrected chi connectivity index (χ4v) is 6.01. The Kier molecular flexibility index (Phi) is 10.1. The summed E-state index contributed by atoms with van der Waals surface area (Å²) in [7, 11) is 1.34. The highest BCUT2D eigenvalue weighted by Gasteiger charge is 2.34. The lowest BCUT2D eigenvalue weighted by atomic mass is 9.75. The van der Waals surface area contributed by atoms with E-state index in [-0.39, 0.29) is 24.1 Å². The van der Waals surface area contributed by atoms with Gasteiger partial charge < -0.3 is 30.3 Å². The number of carbonyl (C=O) groups is 2. The quantitative estimate of drug-likeness (QED) is 0.421. The predicted molar refractivity (Wildman–Crippen MR) is 140 cm³/mol. The van der Waals surface area contributed by atoms with Crippen molar-refractivity contribution in [1.82, 2.24) is 20.9 Å². The summed E-state index contributed by atoms with van der Waals surface area (Å²) < 4.78 is 10.9. The number of rotatable bonds is 9. The first-order chi connectivity index (χ1) is 17.5. The first-order valence-electron chi connectivity index (χ1n) is 13.5. The number of ether oxygens (including phenoxy) is 2. The van der Waals surface area contributed by atoms with Gasteiger partial charge in [-0.3, -0.25) is 0 Å². The van der Waals surface area contributed by atoms with Gasteiger partial charge in [-0.2, -0.15) is 0 Å². The maximum absolute atomic E-state index is 13.4. The van der Waals surface area contributed by atoms with Crippen LogP contribution in [-0.2, 0) is 9.47 Å². The van der Waals surface area contributed by atoms with E-state index in [2.05, 4.69) is 20.7 Å². The number of amides is 3. The molecule has 2 saturated heterocycles. The summed E-state index contributed by atoms with van der Waals surface area (Å²) in [4.78, 5) is 26.7. The lowest BCUT2D eigenvalue weighted by Gasteiger charge is -2.40. The standard InChI is InChI=1S/C27H41ClN4O4/c1-35-27(34)30-12-14-36-25(21-7-3-9-23(28)16-21)22-8-4-13-32(18-22)26(33)31-24-17-29-11-10-20(24)15-19-5-2-6-19/h3,7,9,16,19-20,22,24-25,29H,2,4-6,8,10-15,17-18H2,1H3,(H,30,34)(H,31,33)/t20-,22+,24+,25-/m0/s1. The van der Waals surface area contributed by atoms with Crippen LogP contribution in [0.15, 0.2) is 24.3 Å². The van der Waals surface area contributed by atoms with Crippen molar-refractivity contribution in [3.8, 4) is 0 Å². The number of urea groups is 1.